The second-order valence-corrected chi connectivity index (χ2v) is 10.6. The zero-order valence-corrected chi connectivity index (χ0v) is 21.5. The van der Waals surface area contributed by atoms with Gasteiger partial charge in [-0.05, 0) is 89.9 Å². The summed E-state index contributed by atoms with van der Waals surface area (Å²) in [6.07, 6.45) is 0.861. The van der Waals surface area contributed by atoms with Crippen molar-refractivity contribution < 1.29 is 23.7 Å². The van der Waals surface area contributed by atoms with Gasteiger partial charge in [-0.3, -0.25) is 4.79 Å². The van der Waals surface area contributed by atoms with E-state index in [1.54, 1.807) is 0 Å². The monoisotopic (exact) mass is 486 g/mol. The molecule has 3 aromatic carbocycles. The summed E-state index contributed by atoms with van der Waals surface area (Å²) in [5.74, 6) is 1.87. The summed E-state index contributed by atoms with van der Waals surface area (Å²) in [5, 5.41) is 0. The van der Waals surface area contributed by atoms with E-state index in [4.69, 9.17) is 18.9 Å². The molecule has 0 bridgehead atoms. The second kappa shape index (κ2) is 9.98. The van der Waals surface area contributed by atoms with E-state index < -0.39 is 0 Å². The molecule has 0 spiro atoms. The fraction of sp³-hybridized carbons (Fsp3) is 0.387. The highest BCUT2D eigenvalue weighted by atomic mass is 16.5. The lowest BCUT2D eigenvalue weighted by Crippen LogP contribution is -2.44. The molecule has 3 aromatic rings. The molecule has 5 rings (SSSR count). The lowest BCUT2D eigenvalue weighted by molar-refractivity contribution is -0.142. The van der Waals surface area contributed by atoms with Crippen molar-refractivity contribution in [2.75, 3.05) is 26.9 Å². The number of ether oxygens (including phenoxy) is 4. The van der Waals surface area contributed by atoms with Crippen molar-refractivity contribution in [1.29, 1.82) is 0 Å². The summed E-state index contributed by atoms with van der Waals surface area (Å²) in [7, 11) is 1.45. The van der Waals surface area contributed by atoms with E-state index in [-0.39, 0.29) is 23.2 Å². The molecular weight excluding hydrogens is 452 g/mol. The molecule has 1 saturated carbocycles. The molecule has 2 aliphatic rings. The lowest BCUT2D eigenvalue weighted by atomic mass is 9.90. The first-order valence-corrected chi connectivity index (χ1v) is 12.6. The van der Waals surface area contributed by atoms with Gasteiger partial charge in [0.25, 0.3) is 0 Å². The van der Waals surface area contributed by atoms with Gasteiger partial charge in [0.2, 0.25) is 0 Å². The lowest BCUT2D eigenvalue weighted by Gasteiger charge is -2.37. The van der Waals surface area contributed by atoms with Crippen LogP contribution in [0.4, 0.5) is 0 Å². The number of benzene rings is 3. The molecule has 2 fully saturated rings. The average molecular weight is 487 g/mol. The molecule has 5 nitrogen and oxygen atoms in total. The predicted molar refractivity (Wildman–Crippen MR) is 139 cm³/mol. The summed E-state index contributed by atoms with van der Waals surface area (Å²) in [6, 6.07) is 20.8. The van der Waals surface area contributed by atoms with Crippen molar-refractivity contribution in [3.63, 3.8) is 0 Å². The first kappa shape index (κ1) is 24.4. The molecule has 5 heteroatoms. The largest absolute Gasteiger partial charge is 0.493 e. The van der Waals surface area contributed by atoms with E-state index in [1.165, 1.54) is 29.4 Å². The average Bonchev–Trinajstić information content (AvgIpc) is 3.66. The topological polar surface area (TPSA) is 54.0 Å². The summed E-state index contributed by atoms with van der Waals surface area (Å²) in [5.41, 5.74) is 7.19. The van der Waals surface area contributed by atoms with Gasteiger partial charge in [0.15, 0.2) is 0 Å². The van der Waals surface area contributed by atoms with Gasteiger partial charge in [0.05, 0.1) is 32.8 Å². The van der Waals surface area contributed by atoms with E-state index in [1.807, 2.05) is 24.3 Å². The summed E-state index contributed by atoms with van der Waals surface area (Å²) < 4.78 is 22.4. The number of aryl methyl sites for hydroxylation is 2. The highest BCUT2D eigenvalue weighted by molar-refractivity contribution is 5.77. The van der Waals surface area contributed by atoms with Crippen molar-refractivity contribution in [3.8, 4) is 22.6 Å². The van der Waals surface area contributed by atoms with Crippen LogP contribution in [0.2, 0.25) is 0 Å². The van der Waals surface area contributed by atoms with E-state index >= 15 is 0 Å². The van der Waals surface area contributed by atoms with Crippen LogP contribution in [-0.2, 0) is 20.9 Å². The third-order valence-electron chi connectivity index (χ3n) is 7.22. The smallest absolute Gasteiger partial charge is 0.309 e. The maximum Gasteiger partial charge on any atom is 0.309 e. The molecule has 0 aromatic heterocycles. The standard InChI is InChI=1S/C31H34O5/c1-20-12-26(36-19-31(3)17-34-18-31)13-21(2)29(20)24-7-5-6-22(14-24)16-35-25-10-8-23(9-11-25)27-15-28(27)30(32)33-4/h5-14,27-28H,15-19H2,1-4H3. The van der Waals surface area contributed by atoms with Gasteiger partial charge in [-0.1, -0.05) is 37.3 Å². The fourth-order valence-electron chi connectivity index (χ4n) is 5.02. The minimum atomic E-state index is -0.119. The number of esters is 1. The van der Waals surface area contributed by atoms with Gasteiger partial charge in [-0.2, -0.15) is 0 Å². The maximum absolute atomic E-state index is 11.7. The van der Waals surface area contributed by atoms with Gasteiger partial charge in [-0.25, -0.2) is 0 Å². The molecule has 1 saturated heterocycles. The Labute approximate surface area is 213 Å². The SMILES string of the molecule is COC(=O)C1CC1c1ccc(OCc2cccc(-c3c(C)cc(OCC4(C)COC4)cc3C)c2)cc1. The molecular formula is C31H34O5. The minimum Gasteiger partial charge on any atom is -0.493 e. The summed E-state index contributed by atoms with van der Waals surface area (Å²) >= 11 is 0. The molecule has 2 atom stereocenters. The molecule has 1 aliphatic heterocycles. The number of rotatable bonds is 9. The number of carbonyl (C=O) groups is 1. The molecule has 1 heterocycles. The van der Waals surface area contributed by atoms with Crippen LogP contribution in [0.5, 0.6) is 11.5 Å². The van der Waals surface area contributed by atoms with Gasteiger partial charge in [0.1, 0.15) is 18.1 Å². The van der Waals surface area contributed by atoms with Crippen molar-refractivity contribution in [3.05, 3.63) is 82.9 Å². The Morgan fingerprint density at radius 2 is 1.69 bits per heavy atom. The van der Waals surface area contributed by atoms with Gasteiger partial charge in [-0.15, -0.1) is 0 Å². The van der Waals surface area contributed by atoms with Crippen molar-refractivity contribution in [2.24, 2.45) is 11.3 Å². The van der Waals surface area contributed by atoms with Crippen LogP contribution in [-0.4, -0.2) is 32.9 Å². The third kappa shape index (κ3) is 5.26. The van der Waals surface area contributed by atoms with Crippen LogP contribution in [0.1, 0.15) is 41.5 Å². The Hall–Kier alpha value is -3.31. The van der Waals surface area contributed by atoms with E-state index in [2.05, 4.69) is 57.2 Å². The first-order valence-electron chi connectivity index (χ1n) is 12.6. The number of hydrogen-bond donors (Lipinski definition) is 0. The zero-order valence-electron chi connectivity index (χ0n) is 21.5. The van der Waals surface area contributed by atoms with Crippen molar-refractivity contribution in [2.45, 2.75) is 39.7 Å². The third-order valence-corrected chi connectivity index (χ3v) is 7.22. The first-order chi connectivity index (χ1) is 17.3. The van der Waals surface area contributed by atoms with Crippen LogP contribution in [0.25, 0.3) is 11.1 Å². The molecule has 0 radical (unpaired) electrons. The molecule has 188 valence electrons. The number of carbonyl (C=O) groups excluding carboxylic acids is 1. The van der Waals surface area contributed by atoms with Crippen molar-refractivity contribution in [1.82, 2.24) is 0 Å². The van der Waals surface area contributed by atoms with Crippen LogP contribution in [0.15, 0.2) is 60.7 Å². The Kier molecular flexibility index (Phi) is 6.76. The quantitative estimate of drug-likeness (QED) is 0.335. The second-order valence-electron chi connectivity index (χ2n) is 10.6. The van der Waals surface area contributed by atoms with Crippen LogP contribution < -0.4 is 9.47 Å². The number of methoxy groups -OCH3 is 1. The molecule has 1 aliphatic carbocycles. The summed E-state index contributed by atoms with van der Waals surface area (Å²) in [6.45, 7) is 9.15. The van der Waals surface area contributed by atoms with E-state index in [0.717, 1.165) is 42.3 Å². The van der Waals surface area contributed by atoms with Crippen LogP contribution >= 0.6 is 0 Å². The van der Waals surface area contributed by atoms with Crippen LogP contribution in [0.3, 0.4) is 0 Å². The van der Waals surface area contributed by atoms with Gasteiger partial charge < -0.3 is 18.9 Å². The van der Waals surface area contributed by atoms with E-state index in [0.29, 0.717) is 13.2 Å². The van der Waals surface area contributed by atoms with Gasteiger partial charge in [0, 0.05) is 5.41 Å². The van der Waals surface area contributed by atoms with Crippen molar-refractivity contribution >= 4 is 5.97 Å². The minimum absolute atomic E-state index is 0.00215. The fourth-order valence-corrected chi connectivity index (χ4v) is 5.02. The Bertz CT molecular complexity index is 1220. The van der Waals surface area contributed by atoms with E-state index in [9.17, 15) is 4.79 Å². The maximum atomic E-state index is 11.7. The Morgan fingerprint density at radius 3 is 2.33 bits per heavy atom. The molecule has 36 heavy (non-hydrogen) atoms. The highest BCUT2D eigenvalue weighted by Gasteiger charge is 2.44. The normalized spacial score (nSPS) is 19.8. The number of hydrogen-bond acceptors (Lipinski definition) is 5. The summed E-state index contributed by atoms with van der Waals surface area (Å²) in [4.78, 5) is 11.7. The predicted octanol–water partition coefficient (Wildman–Crippen LogP) is 6.24. The Morgan fingerprint density at radius 1 is 0.972 bits per heavy atom. The van der Waals surface area contributed by atoms with Gasteiger partial charge >= 0.3 is 5.97 Å². The highest BCUT2D eigenvalue weighted by Crippen LogP contribution is 2.48. The van der Waals surface area contributed by atoms with Crippen LogP contribution in [0, 0.1) is 25.2 Å². The molecule has 0 amide bonds. The molecule has 2 unspecified atom stereocenters. The molecule has 0 N–H and O–H groups in total. The Balaban J connectivity index is 1.22. The zero-order chi connectivity index (χ0) is 25.3.